The van der Waals surface area contributed by atoms with E-state index in [2.05, 4.69) is 12.1 Å². The Morgan fingerprint density at radius 2 is 1.93 bits per heavy atom. The van der Waals surface area contributed by atoms with Crippen LogP contribution in [0.4, 0.5) is 0 Å². The summed E-state index contributed by atoms with van der Waals surface area (Å²) in [6.07, 6.45) is 2.83. The largest absolute Gasteiger partial charge is 0.482 e. The minimum Gasteiger partial charge on any atom is -0.482 e. The van der Waals surface area contributed by atoms with Crippen molar-refractivity contribution in [2.45, 2.75) is 25.4 Å². The van der Waals surface area contributed by atoms with Crippen molar-refractivity contribution in [2.24, 2.45) is 0 Å². The Labute approximate surface area is 164 Å². The van der Waals surface area contributed by atoms with Crippen LogP contribution in [0.15, 0.2) is 54.6 Å². The van der Waals surface area contributed by atoms with Crippen molar-refractivity contribution in [3.63, 3.8) is 0 Å². The maximum absolute atomic E-state index is 12.7. The molecule has 1 atom stereocenters. The molecule has 1 saturated heterocycles. The van der Waals surface area contributed by atoms with Crippen LogP contribution in [0, 0.1) is 0 Å². The molecule has 3 rings (SSSR count). The quantitative estimate of drug-likeness (QED) is 0.674. The first-order valence-electron chi connectivity index (χ1n) is 9.51. The van der Waals surface area contributed by atoms with Gasteiger partial charge < -0.3 is 19.5 Å². The number of carboxylic acid groups (broad SMARTS) is 1. The van der Waals surface area contributed by atoms with Crippen molar-refractivity contribution in [3.8, 4) is 5.75 Å². The molecule has 28 heavy (non-hydrogen) atoms. The average Bonchev–Trinajstić information content (AvgIpc) is 3.19. The van der Waals surface area contributed by atoms with Crippen LogP contribution < -0.4 is 4.74 Å². The number of amides is 1. The van der Waals surface area contributed by atoms with Crippen LogP contribution >= 0.6 is 0 Å². The standard InChI is InChI=1S/C22H25NO5/c24-21(25)16-28-19-10-4-9-18(14-19)22(26)23-12-11-20(15-23)27-13-5-8-17-6-2-1-3-7-17/h1-4,6-7,9-10,14,20H,5,8,11-13,15-16H2,(H,24,25). The molecule has 0 bridgehead atoms. The number of aryl methyl sites for hydroxylation is 1. The first kappa shape index (κ1) is 19.9. The van der Waals surface area contributed by atoms with Crippen molar-refractivity contribution < 1.29 is 24.2 Å². The molecule has 1 fully saturated rings. The Morgan fingerprint density at radius 1 is 1.11 bits per heavy atom. The van der Waals surface area contributed by atoms with Crippen LogP contribution in [0.1, 0.15) is 28.8 Å². The molecule has 6 heteroatoms. The molecule has 6 nitrogen and oxygen atoms in total. The van der Waals surface area contributed by atoms with Crippen LogP contribution in [0.5, 0.6) is 5.75 Å². The molecule has 0 spiro atoms. The average molecular weight is 383 g/mol. The molecule has 0 radical (unpaired) electrons. The van der Waals surface area contributed by atoms with Gasteiger partial charge in [0.15, 0.2) is 6.61 Å². The van der Waals surface area contributed by atoms with E-state index in [-0.39, 0.29) is 12.0 Å². The van der Waals surface area contributed by atoms with Crippen molar-refractivity contribution in [1.82, 2.24) is 4.90 Å². The van der Waals surface area contributed by atoms with E-state index in [9.17, 15) is 9.59 Å². The summed E-state index contributed by atoms with van der Waals surface area (Å²) in [4.78, 5) is 25.1. The van der Waals surface area contributed by atoms with Gasteiger partial charge in [-0.15, -0.1) is 0 Å². The van der Waals surface area contributed by atoms with Crippen LogP contribution in [-0.2, 0) is 16.0 Å². The van der Waals surface area contributed by atoms with Crippen molar-refractivity contribution in [2.75, 3.05) is 26.3 Å². The van der Waals surface area contributed by atoms with Gasteiger partial charge in [0.05, 0.1) is 6.10 Å². The zero-order chi connectivity index (χ0) is 19.8. The summed E-state index contributed by atoms with van der Waals surface area (Å²) < 4.78 is 11.1. The zero-order valence-corrected chi connectivity index (χ0v) is 15.8. The molecular formula is C22H25NO5. The Kier molecular flexibility index (Phi) is 7.03. The van der Waals surface area contributed by atoms with Crippen LogP contribution in [0.3, 0.4) is 0 Å². The highest BCUT2D eigenvalue weighted by Crippen LogP contribution is 2.19. The number of carboxylic acids is 1. The van der Waals surface area contributed by atoms with Gasteiger partial charge in [-0.25, -0.2) is 4.79 Å². The van der Waals surface area contributed by atoms with E-state index < -0.39 is 12.6 Å². The molecule has 1 amide bonds. The number of ether oxygens (including phenoxy) is 2. The lowest BCUT2D eigenvalue weighted by Gasteiger charge is -2.17. The number of hydrogen-bond donors (Lipinski definition) is 1. The third kappa shape index (κ3) is 5.82. The predicted molar refractivity (Wildman–Crippen MR) is 105 cm³/mol. The predicted octanol–water partition coefficient (Wildman–Crippen LogP) is 3.01. The minimum absolute atomic E-state index is 0.0613. The van der Waals surface area contributed by atoms with Gasteiger partial charge in [0, 0.05) is 25.3 Å². The van der Waals surface area contributed by atoms with Crippen LogP contribution in [0.2, 0.25) is 0 Å². The maximum atomic E-state index is 12.7. The normalized spacial score (nSPS) is 16.1. The molecule has 0 aromatic heterocycles. The van der Waals surface area contributed by atoms with Gasteiger partial charge >= 0.3 is 5.97 Å². The number of carbonyl (C=O) groups excluding carboxylic acids is 1. The SMILES string of the molecule is O=C(O)COc1cccc(C(=O)N2CCC(OCCCc3ccccc3)C2)c1. The molecule has 1 aliphatic rings. The summed E-state index contributed by atoms with van der Waals surface area (Å²) in [5.74, 6) is -0.763. The number of likely N-dealkylation sites (tertiary alicyclic amines) is 1. The zero-order valence-electron chi connectivity index (χ0n) is 15.8. The summed E-state index contributed by atoms with van der Waals surface area (Å²) >= 11 is 0. The lowest BCUT2D eigenvalue weighted by molar-refractivity contribution is -0.139. The van der Waals surface area contributed by atoms with E-state index in [4.69, 9.17) is 14.6 Å². The van der Waals surface area contributed by atoms with Crippen molar-refractivity contribution in [3.05, 3.63) is 65.7 Å². The number of hydrogen-bond acceptors (Lipinski definition) is 4. The third-order valence-corrected chi connectivity index (χ3v) is 4.68. The second kappa shape index (κ2) is 9.90. The van der Waals surface area contributed by atoms with Gasteiger partial charge in [0.1, 0.15) is 5.75 Å². The molecule has 2 aromatic carbocycles. The Morgan fingerprint density at radius 3 is 2.71 bits per heavy atom. The topological polar surface area (TPSA) is 76.1 Å². The fraction of sp³-hybridized carbons (Fsp3) is 0.364. The van der Waals surface area contributed by atoms with E-state index in [0.717, 1.165) is 19.3 Å². The summed E-state index contributed by atoms with van der Waals surface area (Å²) in [5, 5.41) is 8.69. The van der Waals surface area contributed by atoms with E-state index in [0.29, 0.717) is 31.0 Å². The molecule has 0 saturated carbocycles. The summed E-state index contributed by atoms with van der Waals surface area (Å²) in [6.45, 7) is 1.48. The number of rotatable bonds is 9. The third-order valence-electron chi connectivity index (χ3n) is 4.68. The maximum Gasteiger partial charge on any atom is 0.341 e. The molecule has 2 aromatic rings. The van der Waals surface area contributed by atoms with E-state index in [1.54, 1.807) is 29.2 Å². The van der Waals surface area contributed by atoms with Gasteiger partial charge in [0.25, 0.3) is 5.91 Å². The minimum atomic E-state index is -1.05. The van der Waals surface area contributed by atoms with Crippen molar-refractivity contribution in [1.29, 1.82) is 0 Å². The van der Waals surface area contributed by atoms with Crippen LogP contribution in [0.25, 0.3) is 0 Å². The molecule has 148 valence electrons. The van der Waals surface area contributed by atoms with Crippen molar-refractivity contribution >= 4 is 11.9 Å². The van der Waals surface area contributed by atoms with Gasteiger partial charge in [-0.1, -0.05) is 36.4 Å². The smallest absolute Gasteiger partial charge is 0.341 e. The highest BCUT2D eigenvalue weighted by Gasteiger charge is 2.27. The molecule has 1 aliphatic heterocycles. The fourth-order valence-electron chi connectivity index (χ4n) is 3.27. The first-order valence-corrected chi connectivity index (χ1v) is 9.51. The summed E-state index contributed by atoms with van der Waals surface area (Å²) in [7, 11) is 0. The number of carbonyl (C=O) groups is 2. The molecule has 1 unspecified atom stereocenters. The van der Waals surface area contributed by atoms with Gasteiger partial charge in [-0.05, 0) is 43.0 Å². The monoisotopic (exact) mass is 383 g/mol. The van der Waals surface area contributed by atoms with Gasteiger partial charge in [-0.3, -0.25) is 4.79 Å². The van der Waals surface area contributed by atoms with E-state index in [1.807, 2.05) is 18.2 Å². The fourth-order valence-corrected chi connectivity index (χ4v) is 3.27. The summed E-state index contributed by atoms with van der Waals surface area (Å²) in [6, 6.07) is 17.0. The van der Waals surface area contributed by atoms with Gasteiger partial charge in [0.2, 0.25) is 0 Å². The Balaban J connectivity index is 1.43. The number of nitrogens with zero attached hydrogens (tertiary/aromatic N) is 1. The Bertz CT molecular complexity index is 793. The van der Waals surface area contributed by atoms with Crippen LogP contribution in [-0.4, -0.2) is 54.3 Å². The second-order valence-electron chi connectivity index (χ2n) is 6.83. The molecule has 0 aliphatic carbocycles. The first-order chi connectivity index (χ1) is 13.6. The highest BCUT2D eigenvalue weighted by atomic mass is 16.5. The summed E-state index contributed by atoms with van der Waals surface area (Å²) in [5.41, 5.74) is 1.80. The number of aliphatic carboxylic acids is 1. The highest BCUT2D eigenvalue weighted by molar-refractivity contribution is 5.94. The molecule has 1 N–H and O–H groups in total. The Hall–Kier alpha value is -2.86. The second-order valence-corrected chi connectivity index (χ2v) is 6.83. The van der Waals surface area contributed by atoms with E-state index in [1.165, 1.54) is 5.56 Å². The molecular weight excluding hydrogens is 358 g/mol. The number of benzene rings is 2. The lowest BCUT2D eigenvalue weighted by atomic mass is 10.1. The van der Waals surface area contributed by atoms with Gasteiger partial charge in [-0.2, -0.15) is 0 Å². The lowest BCUT2D eigenvalue weighted by Crippen LogP contribution is -2.30. The van der Waals surface area contributed by atoms with E-state index >= 15 is 0 Å². The molecule has 1 heterocycles.